The zero-order valence-electron chi connectivity index (χ0n) is 28.8. The molecule has 51 heavy (non-hydrogen) atoms. The maximum atomic E-state index is 14.6. The maximum Gasteiger partial charge on any atom is 0.407 e. The van der Waals surface area contributed by atoms with Crippen LogP contribution in [0.25, 0.3) is 0 Å². The molecule has 3 aliphatic rings. The minimum absolute atomic E-state index is 0.0134. The first kappa shape index (κ1) is 36.1. The molecule has 2 N–H and O–H groups in total. The highest BCUT2D eigenvalue weighted by Crippen LogP contribution is 2.51. The highest BCUT2D eigenvalue weighted by molar-refractivity contribution is 7.91. The van der Waals surface area contributed by atoms with Crippen molar-refractivity contribution in [1.82, 2.24) is 10.2 Å². The third-order valence-corrected chi connectivity index (χ3v) is 12.6. The van der Waals surface area contributed by atoms with Gasteiger partial charge in [-0.3, -0.25) is 4.79 Å². The fourth-order valence-corrected chi connectivity index (χ4v) is 9.57. The van der Waals surface area contributed by atoms with Gasteiger partial charge in [0, 0.05) is 49.9 Å². The largest absolute Gasteiger partial charge is 0.446 e. The minimum Gasteiger partial charge on any atom is -0.446 e. The third kappa shape index (κ3) is 7.51. The van der Waals surface area contributed by atoms with Crippen LogP contribution >= 0.6 is 0 Å². The number of carbonyl (C=O) groups is 2. The lowest BCUT2D eigenvalue weighted by Crippen LogP contribution is -2.54. The second kappa shape index (κ2) is 15.3. The number of benzene rings is 3. The zero-order chi connectivity index (χ0) is 36.2. The summed E-state index contributed by atoms with van der Waals surface area (Å²) in [5.41, 5.74) is 1.02. The van der Waals surface area contributed by atoms with Crippen molar-refractivity contribution in [3.8, 4) is 6.07 Å². The van der Waals surface area contributed by atoms with E-state index in [0.717, 1.165) is 70.2 Å². The fourth-order valence-electron chi connectivity index (χ4n) is 8.26. The summed E-state index contributed by atoms with van der Waals surface area (Å²) in [4.78, 5) is 28.8. The number of alkyl carbamates (subject to hydrolysis) is 1. The standard InChI is InChI=1S/C39H44FN5O5S/c1-3-37(46)43-31-9-5-10-34(22-31)51(48,49)33-15-13-32(14-16-33)45-24-27(25-45)23-44-19-17-28(18-20-44)39(26-41,29-7-4-8-30(40)21-29)35-11-6-12-36(35)50-38(47)42-2/h3-5,7-10,13-16,21-22,27-28,35-36H,1,6,11-12,17-20,23-25H2,2H3,(H,42,47)(H,43,46)/t35-,36-,39-/m0/s1. The van der Waals surface area contributed by atoms with E-state index in [1.807, 2.05) is 18.2 Å². The molecule has 3 fully saturated rings. The molecule has 0 spiro atoms. The molecule has 268 valence electrons. The number of halogens is 1. The van der Waals surface area contributed by atoms with Crippen molar-refractivity contribution in [3.63, 3.8) is 0 Å². The SMILES string of the molecule is C=CC(=O)Nc1cccc(S(=O)(=O)c2ccc(N3CC(CN4CCC([C@@](C#N)(c5cccc(F)c5)[C@H]5CCC[C@@H]5OC(=O)NC)CC4)C3)cc2)c1. The molecule has 0 bridgehead atoms. The molecular weight excluding hydrogens is 670 g/mol. The van der Waals surface area contributed by atoms with E-state index in [0.29, 0.717) is 23.6 Å². The number of nitrogens with one attached hydrogen (secondary N) is 2. The van der Waals surface area contributed by atoms with Crippen molar-refractivity contribution in [2.24, 2.45) is 17.8 Å². The Hall–Kier alpha value is -4.73. The van der Waals surface area contributed by atoms with Gasteiger partial charge >= 0.3 is 6.09 Å². The fraction of sp³-hybridized carbons (Fsp3) is 0.410. The maximum absolute atomic E-state index is 14.6. The van der Waals surface area contributed by atoms with Crippen LogP contribution in [0.15, 0.2) is 95.2 Å². The number of sulfone groups is 1. The van der Waals surface area contributed by atoms with Gasteiger partial charge in [0.15, 0.2) is 0 Å². The molecule has 6 rings (SSSR count). The molecule has 3 aromatic carbocycles. The molecule has 0 unspecified atom stereocenters. The number of carbonyl (C=O) groups excluding carboxylic acids is 2. The van der Waals surface area contributed by atoms with Crippen LogP contribution in [0.2, 0.25) is 0 Å². The Labute approximate surface area is 299 Å². The van der Waals surface area contributed by atoms with Crippen molar-refractivity contribution in [1.29, 1.82) is 5.26 Å². The summed E-state index contributed by atoms with van der Waals surface area (Å²) in [6.45, 7) is 7.68. The average molecular weight is 714 g/mol. The minimum atomic E-state index is -3.78. The van der Waals surface area contributed by atoms with Crippen molar-refractivity contribution in [3.05, 3.63) is 96.8 Å². The second-order valence-corrected chi connectivity index (χ2v) is 15.7. The predicted molar refractivity (Wildman–Crippen MR) is 192 cm³/mol. The molecule has 2 saturated heterocycles. The summed E-state index contributed by atoms with van der Waals surface area (Å²) in [6.07, 6.45) is 4.01. The van der Waals surface area contributed by atoms with E-state index in [4.69, 9.17) is 4.74 Å². The molecule has 3 aromatic rings. The third-order valence-electron chi connectivity index (χ3n) is 10.8. The van der Waals surface area contributed by atoms with Crippen LogP contribution < -0.4 is 15.5 Å². The van der Waals surface area contributed by atoms with Gasteiger partial charge in [0.2, 0.25) is 15.7 Å². The molecule has 1 saturated carbocycles. The van der Waals surface area contributed by atoms with Crippen molar-refractivity contribution in [2.45, 2.75) is 53.4 Å². The summed E-state index contributed by atoms with van der Waals surface area (Å²) in [7, 11) is -2.26. The van der Waals surface area contributed by atoms with Gasteiger partial charge in [0.25, 0.3) is 0 Å². The van der Waals surface area contributed by atoms with Crippen LogP contribution in [0, 0.1) is 34.9 Å². The zero-order valence-corrected chi connectivity index (χ0v) is 29.6. The molecule has 1 aliphatic carbocycles. The number of likely N-dealkylation sites (tertiary alicyclic amines) is 1. The van der Waals surface area contributed by atoms with Gasteiger partial charge in [0.05, 0.1) is 21.3 Å². The molecule has 0 aromatic heterocycles. The number of rotatable bonds is 11. The Morgan fingerprint density at radius 1 is 1.02 bits per heavy atom. The van der Waals surface area contributed by atoms with Crippen LogP contribution in [0.3, 0.4) is 0 Å². The van der Waals surface area contributed by atoms with E-state index in [1.165, 1.54) is 31.3 Å². The molecule has 10 nitrogen and oxygen atoms in total. The lowest BCUT2D eigenvalue weighted by atomic mass is 9.59. The summed E-state index contributed by atoms with van der Waals surface area (Å²) >= 11 is 0. The van der Waals surface area contributed by atoms with E-state index in [9.17, 15) is 27.7 Å². The number of ether oxygens (including phenoxy) is 1. The predicted octanol–water partition coefficient (Wildman–Crippen LogP) is 5.92. The second-order valence-electron chi connectivity index (χ2n) is 13.8. The molecule has 12 heteroatoms. The lowest BCUT2D eigenvalue weighted by molar-refractivity contribution is -0.111. The Morgan fingerprint density at radius 2 is 1.75 bits per heavy atom. The molecule has 2 heterocycles. The van der Waals surface area contributed by atoms with E-state index in [1.54, 1.807) is 30.3 Å². The van der Waals surface area contributed by atoms with E-state index in [2.05, 4.69) is 33.1 Å². The Kier molecular flexibility index (Phi) is 10.8. The summed E-state index contributed by atoms with van der Waals surface area (Å²) in [5, 5.41) is 16.0. The van der Waals surface area contributed by atoms with Crippen LogP contribution in [-0.4, -0.2) is 71.2 Å². The molecular formula is C39H44FN5O5S. The molecule has 2 aliphatic heterocycles. The van der Waals surface area contributed by atoms with Crippen LogP contribution in [0.4, 0.5) is 20.6 Å². The first-order chi connectivity index (χ1) is 24.6. The molecule has 0 radical (unpaired) electrons. The quantitative estimate of drug-likeness (QED) is 0.234. The molecule has 3 atom stereocenters. The number of hydrogen-bond donors (Lipinski definition) is 2. The number of piperidine rings is 1. The van der Waals surface area contributed by atoms with Gasteiger partial charge in [-0.15, -0.1) is 0 Å². The van der Waals surface area contributed by atoms with Crippen LogP contribution in [0.5, 0.6) is 0 Å². The first-order valence-corrected chi connectivity index (χ1v) is 19.0. The number of nitrogens with zero attached hydrogens (tertiary/aromatic N) is 3. The van der Waals surface area contributed by atoms with Gasteiger partial charge in [0.1, 0.15) is 11.9 Å². The Bertz CT molecular complexity index is 1900. The number of amides is 2. The summed E-state index contributed by atoms with van der Waals surface area (Å²) in [5.74, 6) is -0.590. The molecule has 2 amide bonds. The van der Waals surface area contributed by atoms with Crippen molar-refractivity contribution < 1.29 is 27.1 Å². The van der Waals surface area contributed by atoms with Crippen molar-refractivity contribution in [2.75, 3.05) is 50.0 Å². The van der Waals surface area contributed by atoms with Crippen LogP contribution in [-0.2, 0) is 24.8 Å². The van der Waals surface area contributed by atoms with E-state index in [-0.39, 0.29) is 27.4 Å². The highest BCUT2D eigenvalue weighted by atomic mass is 32.2. The van der Waals surface area contributed by atoms with Crippen LogP contribution in [0.1, 0.15) is 37.7 Å². The van der Waals surface area contributed by atoms with E-state index >= 15 is 0 Å². The number of anilines is 2. The number of nitriles is 1. The van der Waals surface area contributed by atoms with Gasteiger partial charge < -0.3 is 25.2 Å². The smallest absolute Gasteiger partial charge is 0.407 e. The average Bonchev–Trinajstić information content (AvgIpc) is 3.59. The van der Waals surface area contributed by atoms with Gasteiger partial charge in [-0.2, -0.15) is 5.26 Å². The number of hydrogen-bond acceptors (Lipinski definition) is 8. The van der Waals surface area contributed by atoms with E-state index < -0.39 is 33.4 Å². The first-order valence-electron chi connectivity index (χ1n) is 17.5. The summed E-state index contributed by atoms with van der Waals surface area (Å²) < 4.78 is 47.0. The normalized spacial score (nSPS) is 21.2. The van der Waals surface area contributed by atoms with Gasteiger partial charge in [-0.25, -0.2) is 17.6 Å². The topological polar surface area (TPSA) is 132 Å². The lowest BCUT2D eigenvalue weighted by Gasteiger charge is -2.47. The summed E-state index contributed by atoms with van der Waals surface area (Å²) in [6, 6.07) is 22.1. The Balaban J connectivity index is 1.06. The van der Waals surface area contributed by atoms with Crippen molar-refractivity contribution >= 4 is 33.2 Å². The van der Waals surface area contributed by atoms with Gasteiger partial charge in [-0.1, -0.05) is 24.8 Å². The van der Waals surface area contributed by atoms with Gasteiger partial charge in [-0.05, 0) is 117 Å². The highest BCUT2D eigenvalue weighted by Gasteiger charge is 2.53. The monoisotopic (exact) mass is 713 g/mol. The Morgan fingerprint density at radius 3 is 2.41 bits per heavy atom.